The second-order valence-electron chi connectivity index (χ2n) is 4.47. The number of aromatic nitrogens is 2. The second-order valence-corrected chi connectivity index (χ2v) is 5.34. The maximum atomic E-state index is 8.94. The van der Waals surface area contributed by atoms with Crippen LogP contribution in [0.5, 0.6) is 0 Å². The standard InChI is InChI=1S/C15H9Cl2N3/c1-20-14-3-2-9(8-18)4-13(14)19-15(20)10-5-11(16)7-12(17)6-10/h2-7H,1H3. The molecule has 0 aliphatic carbocycles. The van der Waals surface area contributed by atoms with Crippen LogP contribution in [0, 0.1) is 11.3 Å². The van der Waals surface area contributed by atoms with Crippen LogP contribution in [0.1, 0.15) is 5.56 Å². The van der Waals surface area contributed by atoms with Crippen molar-refractivity contribution in [3.05, 3.63) is 52.0 Å². The molecule has 0 bridgehead atoms. The Labute approximate surface area is 126 Å². The molecule has 0 aliphatic rings. The van der Waals surface area contributed by atoms with Crippen LogP contribution in [0.25, 0.3) is 22.4 Å². The van der Waals surface area contributed by atoms with Crippen LogP contribution in [-0.2, 0) is 7.05 Å². The summed E-state index contributed by atoms with van der Waals surface area (Å²) in [6, 6.07) is 12.9. The number of hydrogen-bond donors (Lipinski definition) is 0. The van der Waals surface area contributed by atoms with E-state index in [1.807, 2.05) is 29.8 Å². The molecule has 98 valence electrons. The van der Waals surface area contributed by atoms with Gasteiger partial charge in [0.25, 0.3) is 0 Å². The smallest absolute Gasteiger partial charge is 0.140 e. The number of nitriles is 1. The van der Waals surface area contributed by atoms with Crippen molar-refractivity contribution >= 4 is 34.2 Å². The van der Waals surface area contributed by atoms with Gasteiger partial charge in [-0.25, -0.2) is 4.98 Å². The molecule has 0 saturated heterocycles. The fourth-order valence-corrected chi connectivity index (χ4v) is 2.74. The van der Waals surface area contributed by atoms with E-state index in [0.717, 1.165) is 22.4 Å². The van der Waals surface area contributed by atoms with Crippen LogP contribution < -0.4 is 0 Å². The summed E-state index contributed by atoms with van der Waals surface area (Å²) >= 11 is 12.1. The first-order valence-electron chi connectivity index (χ1n) is 5.91. The average molecular weight is 302 g/mol. The lowest BCUT2D eigenvalue weighted by molar-refractivity contribution is 0.959. The zero-order valence-electron chi connectivity index (χ0n) is 10.6. The molecule has 3 rings (SSSR count). The predicted octanol–water partition coefficient (Wildman–Crippen LogP) is 4.42. The van der Waals surface area contributed by atoms with Crippen LogP contribution in [0.4, 0.5) is 0 Å². The Morgan fingerprint density at radius 3 is 2.45 bits per heavy atom. The summed E-state index contributed by atoms with van der Waals surface area (Å²) in [6.45, 7) is 0. The molecule has 1 aromatic heterocycles. The van der Waals surface area contributed by atoms with Crippen molar-refractivity contribution in [2.45, 2.75) is 0 Å². The Balaban J connectivity index is 2.26. The highest BCUT2D eigenvalue weighted by molar-refractivity contribution is 6.35. The van der Waals surface area contributed by atoms with Gasteiger partial charge in [0.05, 0.1) is 22.7 Å². The highest BCUT2D eigenvalue weighted by Crippen LogP contribution is 2.29. The van der Waals surface area contributed by atoms with Crippen molar-refractivity contribution in [1.82, 2.24) is 9.55 Å². The van der Waals surface area contributed by atoms with Gasteiger partial charge in [-0.2, -0.15) is 5.26 Å². The highest BCUT2D eigenvalue weighted by atomic mass is 35.5. The molecule has 3 aromatic rings. The molecule has 0 radical (unpaired) electrons. The number of nitrogens with zero attached hydrogens (tertiary/aromatic N) is 3. The van der Waals surface area contributed by atoms with Crippen molar-refractivity contribution in [2.75, 3.05) is 0 Å². The van der Waals surface area contributed by atoms with Crippen LogP contribution in [0.15, 0.2) is 36.4 Å². The van der Waals surface area contributed by atoms with E-state index in [-0.39, 0.29) is 0 Å². The molecule has 0 aliphatic heterocycles. The topological polar surface area (TPSA) is 41.6 Å². The Bertz CT molecular complexity index is 839. The molecular weight excluding hydrogens is 293 g/mol. The first-order valence-corrected chi connectivity index (χ1v) is 6.67. The van der Waals surface area contributed by atoms with E-state index in [1.165, 1.54) is 0 Å². The molecule has 3 nitrogen and oxygen atoms in total. The van der Waals surface area contributed by atoms with Gasteiger partial charge < -0.3 is 4.57 Å². The van der Waals surface area contributed by atoms with Crippen LogP contribution in [0.2, 0.25) is 10.0 Å². The van der Waals surface area contributed by atoms with Gasteiger partial charge in [-0.3, -0.25) is 0 Å². The molecule has 0 atom stereocenters. The third-order valence-corrected chi connectivity index (χ3v) is 3.57. The number of imidazole rings is 1. The number of hydrogen-bond acceptors (Lipinski definition) is 2. The third kappa shape index (κ3) is 2.14. The maximum absolute atomic E-state index is 8.94. The Hall–Kier alpha value is -2.02. The molecule has 2 aromatic carbocycles. The summed E-state index contributed by atoms with van der Waals surface area (Å²) in [6.07, 6.45) is 0. The summed E-state index contributed by atoms with van der Waals surface area (Å²) in [7, 11) is 1.92. The van der Waals surface area contributed by atoms with Crippen molar-refractivity contribution in [3.8, 4) is 17.5 Å². The molecule has 0 saturated carbocycles. The zero-order chi connectivity index (χ0) is 14.3. The molecule has 20 heavy (non-hydrogen) atoms. The summed E-state index contributed by atoms with van der Waals surface area (Å²) in [5.74, 6) is 0.763. The monoisotopic (exact) mass is 301 g/mol. The first kappa shape index (κ1) is 13.0. The summed E-state index contributed by atoms with van der Waals surface area (Å²) in [5.41, 5.74) is 3.17. The third-order valence-electron chi connectivity index (χ3n) is 3.13. The van der Waals surface area contributed by atoms with Gasteiger partial charge in [-0.15, -0.1) is 0 Å². The van der Waals surface area contributed by atoms with E-state index in [0.29, 0.717) is 15.6 Å². The lowest BCUT2D eigenvalue weighted by Gasteiger charge is -2.04. The predicted molar refractivity (Wildman–Crippen MR) is 80.9 cm³/mol. The molecule has 0 N–H and O–H groups in total. The van der Waals surface area contributed by atoms with E-state index < -0.39 is 0 Å². The number of fused-ring (bicyclic) bond motifs is 1. The van der Waals surface area contributed by atoms with Gasteiger partial charge in [0.1, 0.15) is 5.82 Å². The largest absolute Gasteiger partial charge is 0.327 e. The highest BCUT2D eigenvalue weighted by Gasteiger charge is 2.11. The maximum Gasteiger partial charge on any atom is 0.140 e. The minimum atomic E-state index is 0.567. The molecule has 0 fully saturated rings. The SMILES string of the molecule is Cn1c(-c2cc(Cl)cc(Cl)c2)nc2cc(C#N)ccc21. The van der Waals surface area contributed by atoms with E-state index in [2.05, 4.69) is 11.1 Å². The normalized spacial score (nSPS) is 10.7. The number of benzene rings is 2. The van der Waals surface area contributed by atoms with E-state index in [4.69, 9.17) is 28.5 Å². The van der Waals surface area contributed by atoms with E-state index >= 15 is 0 Å². The van der Waals surface area contributed by atoms with E-state index in [9.17, 15) is 0 Å². The van der Waals surface area contributed by atoms with Gasteiger partial charge in [0, 0.05) is 22.7 Å². The number of aryl methyl sites for hydroxylation is 1. The molecule has 0 amide bonds. The minimum absolute atomic E-state index is 0.567. The summed E-state index contributed by atoms with van der Waals surface area (Å²) in [5, 5.41) is 10.1. The van der Waals surface area contributed by atoms with Gasteiger partial charge >= 0.3 is 0 Å². The Morgan fingerprint density at radius 2 is 1.80 bits per heavy atom. The summed E-state index contributed by atoms with van der Waals surface area (Å²) in [4.78, 5) is 4.57. The van der Waals surface area contributed by atoms with E-state index in [1.54, 1.807) is 18.2 Å². The second kappa shape index (κ2) is 4.82. The molecule has 1 heterocycles. The van der Waals surface area contributed by atoms with Crippen LogP contribution >= 0.6 is 23.2 Å². The first-order chi connectivity index (χ1) is 9.58. The quantitative estimate of drug-likeness (QED) is 0.667. The van der Waals surface area contributed by atoms with Crippen molar-refractivity contribution in [3.63, 3.8) is 0 Å². The average Bonchev–Trinajstić information content (AvgIpc) is 2.74. The van der Waals surface area contributed by atoms with Gasteiger partial charge in [0.15, 0.2) is 0 Å². The minimum Gasteiger partial charge on any atom is -0.327 e. The number of rotatable bonds is 1. The van der Waals surface area contributed by atoms with Crippen LogP contribution in [-0.4, -0.2) is 9.55 Å². The summed E-state index contributed by atoms with van der Waals surface area (Å²) < 4.78 is 1.96. The molecule has 5 heteroatoms. The number of halogens is 2. The molecule has 0 unspecified atom stereocenters. The van der Waals surface area contributed by atoms with Crippen molar-refractivity contribution in [1.29, 1.82) is 5.26 Å². The van der Waals surface area contributed by atoms with Crippen molar-refractivity contribution < 1.29 is 0 Å². The lowest BCUT2D eigenvalue weighted by Crippen LogP contribution is -1.92. The van der Waals surface area contributed by atoms with Crippen molar-refractivity contribution in [2.24, 2.45) is 7.05 Å². The lowest BCUT2D eigenvalue weighted by atomic mass is 10.2. The molecule has 0 spiro atoms. The fourth-order valence-electron chi connectivity index (χ4n) is 2.21. The zero-order valence-corrected chi connectivity index (χ0v) is 12.1. The Kier molecular flexibility index (Phi) is 3.13. The molecular formula is C15H9Cl2N3. The van der Waals surface area contributed by atoms with Crippen LogP contribution in [0.3, 0.4) is 0 Å². The Morgan fingerprint density at radius 1 is 1.10 bits per heavy atom. The van der Waals surface area contributed by atoms with Gasteiger partial charge in [0.2, 0.25) is 0 Å². The van der Waals surface area contributed by atoms with Gasteiger partial charge in [-0.05, 0) is 36.4 Å². The van der Waals surface area contributed by atoms with Gasteiger partial charge in [-0.1, -0.05) is 23.2 Å². The fraction of sp³-hybridized carbons (Fsp3) is 0.0667.